The van der Waals surface area contributed by atoms with Crippen molar-refractivity contribution in [2.24, 2.45) is 0 Å². The molecule has 0 unspecified atom stereocenters. The van der Waals surface area contributed by atoms with Gasteiger partial charge in [0.05, 0.1) is 0 Å². The highest BCUT2D eigenvalue weighted by atomic mass is 32.1. The van der Waals surface area contributed by atoms with Crippen LogP contribution in [0, 0.1) is 0 Å². The first kappa shape index (κ1) is 9.40. The first-order chi connectivity index (χ1) is 5.43. The minimum atomic E-state index is 0.843. The molecule has 0 amide bonds. The average Bonchev–Trinajstić information content (AvgIpc) is 2.50. The summed E-state index contributed by atoms with van der Waals surface area (Å²) in [6.07, 6.45) is 8.22. The average molecular weight is 173 g/mol. The Hall–Kier alpha value is 0.310. The first-order valence-corrected chi connectivity index (χ1v) is 5.41. The van der Waals surface area contributed by atoms with Gasteiger partial charge in [0, 0.05) is 6.04 Å². The maximum Gasteiger partial charge on any atom is 0.00670 e. The number of unbranched alkanes of at least 4 members (excludes halogenated alkanes) is 1. The van der Waals surface area contributed by atoms with Gasteiger partial charge in [-0.25, -0.2) is 0 Å². The highest BCUT2D eigenvalue weighted by Gasteiger charge is 2.12. The van der Waals surface area contributed by atoms with Crippen molar-refractivity contribution in [1.82, 2.24) is 5.32 Å². The van der Waals surface area contributed by atoms with Gasteiger partial charge in [0.25, 0.3) is 0 Å². The third-order valence-electron chi connectivity index (χ3n) is 2.37. The maximum absolute atomic E-state index is 4.18. The lowest BCUT2D eigenvalue weighted by atomic mass is 10.2. The molecule has 0 radical (unpaired) electrons. The van der Waals surface area contributed by atoms with Crippen molar-refractivity contribution in [3.05, 3.63) is 0 Å². The fourth-order valence-corrected chi connectivity index (χ4v) is 1.90. The van der Waals surface area contributed by atoms with Crippen molar-refractivity contribution in [2.75, 3.05) is 12.3 Å². The molecule has 0 aromatic heterocycles. The van der Waals surface area contributed by atoms with Gasteiger partial charge in [-0.2, -0.15) is 12.6 Å². The van der Waals surface area contributed by atoms with Crippen LogP contribution in [0.5, 0.6) is 0 Å². The van der Waals surface area contributed by atoms with Gasteiger partial charge in [0.2, 0.25) is 0 Å². The number of hydrogen-bond acceptors (Lipinski definition) is 2. The molecule has 1 aliphatic carbocycles. The summed E-state index contributed by atoms with van der Waals surface area (Å²) in [5.41, 5.74) is 0. The third kappa shape index (κ3) is 4.02. The number of rotatable bonds is 5. The highest BCUT2D eigenvalue weighted by Crippen LogP contribution is 2.17. The van der Waals surface area contributed by atoms with Crippen molar-refractivity contribution in [3.8, 4) is 0 Å². The largest absolute Gasteiger partial charge is 0.314 e. The molecule has 1 N–H and O–H groups in total. The molecule has 1 saturated carbocycles. The van der Waals surface area contributed by atoms with E-state index in [1.54, 1.807) is 0 Å². The Morgan fingerprint density at radius 2 is 1.91 bits per heavy atom. The van der Waals surface area contributed by atoms with Crippen LogP contribution in [0.15, 0.2) is 0 Å². The Balaban J connectivity index is 1.86. The van der Waals surface area contributed by atoms with Crippen molar-refractivity contribution in [3.63, 3.8) is 0 Å². The quantitative estimate of drug-likeness (QED) is 0.480. The molecule has 66 valence electrons. The van der Waals surface area contributed by atoms with Crippen LogP contribution < -0.4 is 5.32 Å². The minimum Gasteiger partial charge on any atom is -0.314 e. The lowest BCUT2D eigenvalue weighted by Crippen LogP contribution is -2.26. The maximum atomic E-state index is 4.18. The van der Waals surface area contributed by atoms with Crippen LogP contribution in [0.3, 0.4) is 0 Å². The molecule has 1 aliphatic rings. The monoisotopic (exact) mass is 173 g/mol. The molecule has 1 rings (SSSR count). The Morgan fingerprint density at radius 3 is 2.55 bits per heavy atom. The lowest BCUT2D eigenvalue weighted by molar-refractivity contribution is 0.513. The fourth-order valence-electron chi connectivity index (χ4n) is 1.67. The van der Waals surface area contributed by atoms with E-state index >= 15 is 0 Å². The summed E-state index contributed by atoms with van der Waals surface area (Å²) in [7, 11) is 0. The zero-order valence-electron chi connectivity index (χ0n) is 7.18. The van der Waals surface area contributed by atoms with Crippen molar-refractivity contribution in [1.29, 1.82) is 0 Å². The summed E-state index contributed by atoms with van der Waals surface area (Å²) in [6.45, 7) is 1.20. The molecule has 0 aliphatic heterocycles. The number of nitrogens with one attached hydrogen (secondary N) is 1. The van der Waals surface area contributed by atoms with Crippen molar-refractivity contribution in [2.45, 2.75) is 44.6 Å². The summed E-state index contributed by atoms with van der Waals surface area (Å²) >= 11 is 4.18. The normalized spacial score (nSPS) is 19.4. The Labute approximate surface area is 75.4 Å². The van der Waals surface area contributed by atoms with E-state index in [4.69, 9.17) is 0 Å². The summed E-state index contributed by atoms with van der Waals surface area (Å²) in [4.78, 5) is 0. The van der Waals surface area contributed by atoms with Gasteiger partial charge in [-0.1, -0.05) is 12.8 Å². The summed E-state index contributed by atoms with van der Waals surface area (Å²) < 4.78 is 0. The molecule has 11 heavy (non-hydrogen) atoms. The van der Waals surface area contributed by atoms with Crippen LogP contribution in [-0.4, -0.2) is 18.3 Å². The minimum absolute atomic E-state index is 0.843. The molecule has 0 bridgehead atoms. The van der Waals surface area contributed by atoms with Crippen LogP contribution in [-0.2, 0) is 0 Å². The summed E-state index contributed by atoms with van der Waals surface area (Å²) in [5.74, 6) is 1.03. The number of hydrogen-bond donors (Lipinski definition) is 2. The second-order valence-electron chi connectivity index (χ2n) is 3.37. The van der Waals surface area contributed by atoms with Crippen LogP contribution >= 0.6 is 12.6 Å². The van der Waals surface area contributed by atoms with Gasteiger partial charge >= 0.3 is 0 Å². The van der Waals surface area contributed by atoms with Gasteiger partial charge in [-0.3, -0.25) is 0 Å². The zero-order chi connectivity index (χ0) is 7.94. The van der Waals surface area contributed by atoms with Gasteiger partial charge in [0.15, 0.2) is 0 Å². The van der Waals surface area contributed by atoms with E-state index in [1.807, 2.05) is 0 Å². The van der Waals surface area contributed by atoms with Crippen LogP contribution in [0.1, 0.15) is 38.5 Å². The standard InChI is InChI=1S/C9H19NS/c11-8-4-3-7-10-9-5-1-2-6-9/h9-11H,1-8H2. The predicted molar refractivity (Wildman–Crippen MR) is 53.3 cm³/mol. The molecule has 0 aromatic carbocycles. The third-order valence-corrected chi connectivity index (χ3v) is 2.69. The van der Waals surface area contributed by atoms with E-state index in [-0.39, 0.29) is 0 Å². The van der Waals surface area contributed by atoms with E-state index in [1.165, 1.54) is 45.1 Å². The van der Waals surface area contributed by atoms with Crippen molar-refractivity contribution >= 4 is 12.6 Å². The predicted octanol–water partition coefficient (Wildman–Crippen LogP) is 2.23. The topological polar surface area (TPSA) is 12.0 Å². The Morgan fingerprint density at radius 1 is 1.18 bits per heavy atom. The van der Waals surface area contributed by atoms with E-state index in [0.29, 0.717) is 0 Å². The molecule has 0 heterocycles. The van der Waals surface area contributed by atoms with Gasteiger partial charge in [-0.05, 0) is 38.0 Å². The van der Waals surface area contributed by atoms with E-state index in [0.717, 1.165) is 11.8 Å². The molecule has 1 fully saturated rings. The van der Waals surface area contributed by atoms with Crippen LogP contribution in [0.2, 0.25) is 0 Å². The van der Waals surface area contributed by atoms with E-state index < -0.39 is 0 Å². The zero-order valence-corrected chi connectivity index (χ0v) is 8.08. The van der Waals surface area contributed by atoms with Gasteiger partial charge in [-0.15, -0.1) is 0 Å². The van der Waals surface area contributed by atoms with Crippen LogP contribution in [0.4, 0.5) is 0 Å². The SMILES string of the molecule is SCCCCNC1CCCC1. The van der Waals surface area contributed by atoms with E-state index in [2.05, 4.69) is 17.9 Å². The van der Waals surface area contributed by atoms with Gasteiger partial charge < -0.3 is 5.32 Å². The molecule has 0 aromatic rings. The second kappa shape index (κ2) is 5.90. The summed E-state index contributed by atoms with van der Waals surface area (Å²) in [5, 5.41) is 3.58. The first-order valence-electron chi connectivity index (χ1n) is 4.77. The van der Waals surface area contributed by atoms with Gasteiger partial charge in [0.1, 0.15) is 0 Å². The second-order valence-corrected chi connectivity index (χ2v) is 3.81. The molecular formula is C9H19NS. The highest BCUT2D eigenvalue weighted by molar-refractivity contribution is 7.80. The molecule has 0 saturated heterocycles. The Kier molecular flexibility index (Phi) is 5.04. The fraction of sp³-hybridized carbons (Fsp3) is 1.00. The number of thiol groups is 1. The van der Waals surface area contributed by atoms with E-state index in [9.17, 15) is 0 Å². The Bertz CT molecular complexity index is 89.6. The molecule has 2 heteroatoms. The molecule has 1 nitrogen and oxygen atoms in total. The smallest absolute Gasteiger partial charge is 0.00670 e. The molecular weight excluding hydrogens is 154 g/mol. The lowest BCUT2D eigenvalue weighted by Gasteiger charge is -2.10. The molecule has 0 spiro atoms. The van der Waals surface area contributed by atoms with Crippen molar-refractivity contribution < 1.29 is 0 Å². The molecule has 0 atom stereocenters. The van der Waals surface area contributed by atoms with Crippen LogP contribution in [0.25, 0.3) is 0 Å². The summed E-state index contributed by atoms with van der Waals surface area (Å²) in [6, 6.07) is 0.843.